The molecule has 5 nitrogen and oxygen atoms in total. The molecule has 0 heterocycles. The highest BCUT2D eigenvalue weighted by atomic mass is 16.4. The lowest BCUT2D eigenvalue weighted by atomic mass is 10.00. The summed E-state index contributed by atoms with van der Waals surface area (Å²) in [6.07, 6.45) is 0.103. The van der Waals surface area contributed by atoms with Gasteiger partial charge in [-0.05, 0) is 6.92 Å². The first-order valence-corrected chi connectivity index (χ1v) is 2.59. The third kappa shape index (κ3) is 1.78. The summed E-state index contributed by atoms with van der Waals surface area (Å²) in [7, 11) is 0. The molecule has 4 N–H and O–H groups in total. The molecule has 0 bridgehead atoms. The minimum absolute atomic E-state index is 0.103. The number of aliphatic carboxylic acids is 1. The number of rotatable bonds is 3. The van der Waals surface area contributed by atoms with Crippen LogP contribution in [0.3, 0.4) is 0 Å². The molecule has 0 aromatic carbocycles. The highest BCUT2D eigenvalue weighted by Crippen LogP contribution is 2.03. The summed E-state index contributed by atoms with van der Waals surface area (Å²) in [5, 5.41) is 17.1. The zero-order valence-electron chi connectivity index (χ0n) is 5.44. The second-order valence-electron chi connectivity index (χ2n) is 2.16. The molecule has 58 valence electrons. The maximum absolute atomic E-state index is 10.1. The van der Waals surface area contributed by atoms with E-state index in [1.54, 1.807) is 0 Å². The van der Waals surface area contributed by atoms with Crippen LogP contribution < -0.4 is 5.73 Å². The minimum Gasteiger partial charge on any atom is -0.480 e. The van der Waals surface area contributed by atoms with Crippen LogP contribution in [0.4, 0.5) is 0 Å². The van der Waals surface area contributed by atoms with Crippen molar-refractivity contribution in [2.75, 3.05) is 0 Å². The van der Waals surface area contributed by atoms with E-state index in [1.165, 1.54) is 0 Å². The van der Waals surface area contributed by atoms with Crippen molar-refractivity contribution in [1.29, 1.82) is 0 Å². The molecule has 0 aromatic rings. The molecule has 0 rings (SSSR count). The van der Waals surface area contributed by atoms with Crippen LogP contribution in [0.5, 0.6) is 0 Å². The zero-order chi connectivity index (χ0) is 8.36. The number of aldehydes is 1. The molecule has 0 amide bonds. The molecule has 0 aromatic heterocycles. The summed E-state index contributed by atoms with van der Waals surface area (Å²) in [5.41, 5.74) is 2.94. The van der Waals surface area contributed by atoms with Gasteiger partial charge in [-0.3, -0.25) is 4.79 Å². The SMILES string of the molecule is C[C@](O)(C=O)[C@H](N)C(=O)O. The van der Waals surface area contributed by atoms with Gasteiger partial charge in [0.1, 0.15) is 11.6 Å². The second kappa shape index (κ2) is 2.76. The van der Waals surface area contributed by atoms with Crippen LogP contribution in [0.2, 0.25) is 0 Å². The number of aliphatic hydroxyl groups is 1. The number of carboxylic acids is 1. The number of hydrogen-bond donors (Lipinski definition) is 3. The van der Waals surface area contributed by atoms with Gasteiger partial charge in [0.05, 0.1) is 0 Å². The molecule has 0 aliphatic heterocycles. The van der Waals surface area contributed by atoms with E-state index in [9.17, 15) is 9.59 Å². The largest absolute Gasteiger partial charge is 0.480 e. The average molecular weight is 147 g/mol. The minimum atomic E-state index is -1.98. The van der Waals surface area contributed by atoms with Gasteiger partial charge in [0.25, 0.3) is 0 Å². The van der Waals surface area contributed by atoms with E-state index in [0.29, 0.717) is 0 Å². The predicted molar refractivity (Wildman–Crippen MR) is 32.3 cm³/mol. The van der Waals surface area contributed by atoms with Crippen LogP contribution >= 0.6 is 0 Å². The van der Waals surface area contributed by atoms with Crippen LogP contribution in [0.25, 0.3) is 0 Å². The number of nitrogens with two attached hydrogens (primary N) is 1. The Balaban J connectivity index is 4.31. The van der Waals surface area contributed by atoms with E-state index in [2.05, 4.69) is 0 Å². The van der Waals surface area contributed by atoms with Crippen molar-refractivity contribution < 1.29 is 19.8 Å². The van der Waals surface area contributed by atoms with E-state index < -0.39 is 17.6 Å². The lowest BCUT2D eigenvalue weighted by Crippen LogP contribution is -2.51. The van der Waals surface area contributed by atoms with E-state index in [4.69, 9.17) is 15.9 Å². The Hall–Kier alpha value is -0.940. The van der Waals surface area contributed by atoms with Crippen LogP contribution in [0, 0.1) is 0 Å². The normalized spacial score (nSPS) is 19.1. The van der Waals surface area contributed by atoms with Crippen molar-refractivity contribution in [3.05, 3.63) is 0 Å². The Morgan fingerprint density at radius 1 is 1.80 bits per heavy atom. The van der Waals surface area contributed by atoms with E-state index in [0.717, 1.165) is 6.92 Å². The zero-order valence-corrected chi connectivity index (χ0v) is 5.44. The molecule has 0 saturated heterocycles. The van der Waals surface area contributed by atoms with E-state index >= 15 is 0 Å². The third-order valence-electron chi connectivity index (χ3n) is 1.13. The van der Waals surface area contributed by atoms with E-state index in [1.807, 2.05) is 0 Å². The fourth-order valence-electron chi connectivity index (χ4n) is 0.323. The first-order chi connectivity index (χ1) is 4.41. The van der Waals surface area contributed by atoms with Gasteiger partial charge >= 0.3 is 5.97 Å². The molecule has 0 radical (unpaired) electrons. The Morgan fingerprint density at radius 3 is 2.30 bits per heavy atom. The average Bonchev–Trinajstić information content (AvgIpc) is 1.86. The van der Waals surface area contributed by atoms with E-state index in [-0.39, 0.29) is 6.29 Å². The number of hydrogen-bond acceptors (Lipinski definition) is 4. The smallest absolute Gasteiger partial charge is 0.323 e. The van der Waals surface area contributed by atoms with Gasteiger partial charge < -0.3 is 20.7 Å². The molecule has 0 aliphatic rings. The number of carbonyl (C=O) groups excluding carboxylic acids is 1. The van der Waals surface area contributed by atoms with Gasteiger partial charge in [-0.15, -0.1) is 0 Å². The van der Waals surface area contributed by atoms with Gasteiger partial charge in [-0.1, -0.05) is 0 Å². The van der Waals surface area contributed by atoms with Gasteiger partial charge in [0.2, 0.25) is 0 Å². The molecule has 5 heteroatoms. The molecule has 0 aliphatic carbocycles. The molecule has 0 spiro atoms. The van der Waals surface area contributed by atoms with Crippen molar-refractivity contribution in [2.24, 2.45) is 5.73 Å². The fraction of sp³-hybridized carbons (Fsp3) is 0.600. The topological polar surface area (TPSA) is 101 Å². The summed E-state index contributed by atoms with van der Waals surface area (Å²) in [6, 6.07) is -1.56. The summed E-state index contributed by atoms with van der Waals surface area (Å²) in [6.45, 7) is 1.04. The molecular weight excluding hydrogens is 138 g/mol. The standard InChI is InChI=1S/C5H9NO4/c1-5(10,2-7)3(6)4(8)9/h2-3,10H,6H2,1H3,(H,8,9)/t3-,5+/m1/s1. The molecule has 0 saturated carbocycles. The van der Waals surface area contributed by atoms with Gasteiger partial charge in [0, 0.05) is 0 Å². The Labute approximate surface area is 57.5 Å². The van der Waals surface area contributed by atoms with Gasteiger partial charge in [-0.25, -0.2) is 0 Å². The van der Waals surface area contributed by atoms with Gasteiger partial charge in [0.15, 0.2) is 6.29 Å². The molecule has 2 atom stereocenters. The molecular formula is C5H9NO4. The first-order valence-electron chi connectivity index (χ1n) is 2.59. The summed E-state index contributed by atoms with van der Waals surface area (Å²) >= 11 is 0. The third-order valence-corrected chi connectivity index (χ3v) is 1.13. The number of carbonyl (C=O) groups is 2. The predicted octanol–water partition coefficient (Wildman–Crippen LogP) is -1.65. The van der Waals surface area contributed by atoms with Gasteiger partial charge in [-0.2, -0.15) is 0 Å². The highest BCUT2D eigenvalue weighted by molar-refractivity contribution is 5.81. The maximum Gasteiger partial charge on any atom is 0.323 e. The first kappa shape index (κ1) is 9.06. The summed E-state index contributed by atoms with van der Waals surface area (Å²) < 4.78 is 0. The maximum atomic E-state index is 10.1. The lowest BCUT2D eigenvalue weighted by Gasteiger charge is -2.19. The van der Waals surface area contributed by atoms with Crippen LogP contribution in [0.1, 0.15) is 6.92 Å². The second-order valence-corrected chi connectivity index (χ2v) is 2.16. The van der Waals surface area contributed by atoms with Crippen molar-refractivity contribution in [2.45, 2.75) is 18.6 Å². The Bertz CT molecular complexity index is 154. The molecule has 10 heavy (non-hydrogen) atoms. The van der Waals surface area contributed by atoms with Crippen LogP contribution in [-0.4, -0.2) is 34.1 Å². The highest BCUT2D eigenvalue weighted by Gasteiger charge is 2.33. The Kier molecular flexibility index (Phi) is 2.50. The van der Waals surface area contributed by atoms with Crippen LogP contribution in [0.15, 0.2) is 0 Å². The summed E-state index contributed by atoms with van der Waals surface area (Å²) in [4.78, 5) is 20.0. The lowest BCUT2D eigenvalue weighted by molar-refractivity contribution is -0.147. The van der Waals surface area contributed by atoms with Crippen molar-refractivity contribution in [3.63, 3.8) is 0 Å². The number of carboxylic acid groups (broad SMARTS) is 1. The van der Waals surface area contributed by atoms with Crippen molar-refractivity contribution >= 4 is 12.3 Å². The van der Waals surface area contributed by atoms with Crippen molar-refractivity contribution in [1.82, 2.24) is 0 Å². The summed E-state index contributed by atoms with van der Waals surface area (Å²) in [5.74, 6) is -1.41. The van der Waals surface area contributed by atoms with Crippen molar-refractivity contribution in [3.8, 4) is 0 Å². The quantitative estimate of drug-likeness (QED) is 0.415. The van der Waals surface area contributed by atoms with Crippen LogP contribution in [-0.2, 0) is 9.59 Å². The Morgan fingerprint density at radius 2 is 2.20 bits per heavy atom. The fourth-order valence-corrected chi connectivity index (χ4v) is 0.323. The monoisotopic (exact) mass is 147 g/mol. The molecule has 0 unspecified atom stereocenters. The molecule has 0 fully saturated rings.